The van der Waals surface area contributed by atoms with Gasteiger partial charge in [0.2, 0.25) is 5.88 Å². The summed E-state index contributed by atoms with van der Waals surface area (Å²) < 4.78 is 32.6. The van der Waals surface area contributed by atoms with Crippen LogP contribution < -0.4 is 21.9 Å². The molecule has 1 aliphatic heterocycles. The molecule has 1 unspecified atom stereocenters. The van der Waals surface area contributed by atoms with Crippen molar-refractivity contribution in [2.24, 2.45) is 20.0 Å². The number of nitrogens with one attached hydrogen (secondary N) is 2. The second-order valence-corrected chi connectivity index (χ2v) is 12.4. The highest BCUT2D eigenvalue weighted by molar-refractivity contribution is 7.85. The second-order valence-electron chi connectivity index (χ2n) is 10.8. The van der Waals surface area contributed by atoms with Crippen LogP contribution >= 0.6 is 0 Å². The highest BCUT2D eigenvalue weighted by atomic mass is 32.2. The lowest BCUT2D eigenvalue weighted by molar-refractivity contribution is 0.409. The van der Waals surface area contributed by atoms with Crippen LogP contribution in [0.2, 0.25) is 0 Å². The zero-order valence-electron chi connectivity index (χ0n) is 24.4. The maximum absolute atomic E-state index is 12.5. The van der Waals surface area contributed by atoms with Crippen molar-refractivity contribution < 1.29 is 18.1 Å². The molecule has 1 aliphatic rings. The van der Waals surface area contributed by atoms with Crippen molar-refractivity contribution in [3.63, 3.8) is 0 Å². The summed E-state index contributed by atoms with van der Waals surface area (Å²) in [7, 11) is -1.29. The van der Waals surface area contributed by atoms with Crippen LogP contribution in [0.1, 0.15) is 43.9 Å². The normalized spacial score (nSPS) is 19.0. The quantitative estimate of drug-likeness (QED) is 0.147. The van der Waals surface area contributed by atoms with Crippen molar-refractivity contribution in [3.05, 3.63) is 97.4 Å². The summed E-state index contributed by atoms with van der Waals surface area (Å²) in [5.41, 5.74) is 2.29. The first-order valence-corrected chi connectivity index (χ1v) is 15.0. The van der Waals surface area contributed by atoms with E-state index in [-0.39, 0.29) is 22.6 Å². The third kappa shape index (κ3) is 7.55. The summed E-state index contributed by atoms with van der Waals surface area (Å²) in [6.45, 7) is 7.28. The van der Waals surface area contributed by atoms with E-state index in [2.05, 4.69) is 43.5 Å². The van der Waals surface area contributed by atoms with Gasteiger partial charge in [0.15, 0.2) is 0 Å². The molecule has 0 radical (unpaired) electrons. The molecule has 0 fully saturated rings. The number of allylic oxidation sites excluding steroid dienone is 6. The molecule has 1 aromatic heterocycles. The summed E-state index contributed by atoms with van der Waals surface area (Å²) in [6, 6.07) is 8.27. The van der Waals surface area contributed by atoms with E-state index in [0.29, 0.717) is 30.7 Å². The topological polar surface area (TPSA) is 166 Å². The Balaban J connectivity index is 1.88. The highest BCUT2D eigenvalue weighted by Gasteiger charge is 2.30. The van der Waals surface area contributed by atoms with Crippen molar-refractivity contribution in [3.8, 4) is 11.9 Å². The number of aromatic nitrogens is 2. The molecule has 11 nitrogen and oxygen atoms in total. The number of aromatic hydroxyl groups is 1. The van der Waals surface area contributed by atoms with Gasteiger partial charge in [0, 0.05) is 32.5 Å². The average Bonchev–Trinajstić information content (AvgIpc) is 2.97. The molecule has 0 aliphatic carbocycles. The third-order valence-electron chi connectivity index (χ3n) is 7.56. The fraction of sp³-hybridized carbons (Fsp3) is 0.367. The maximum Gasteiger partial charge on any atom is 0.333 e. The van der Waals surface area contributed by atoms with Gasteiger partial charge in [-0.1, -0.05) is 45.1 Å². The van der Waals surface area contributed by atoms with Crippen LogP contribution in [0.3, 0.4) is 0 Å². The van der Waals surface area contributed by atoms with E-state index in [1.54, 1.807) is 18.4 Å². The van der Waals surface area contributed by atoms with Crippen molar-refractivity contribution in [1.29, 1.82) is 5.26 Å². The standard InChI is InChI=1S/C30H37N5O6S/c1-20-16-22(23(18-31)8-6-9-24-27(36)34(4)29(38)35(5)28(24)37)12-14-33-26-11-10-21(17-25(26)30(20,2)3)19-32-13-7-15-42(39,40)41/h6,8-12,14,16-17,20,32-33,36H,7,13,15,19H2,1-5H3,(H,39,40,41)/b9-6+,14-12-,22-16+,23-8+. The Hall–Kier alpha value is -4.18. The first-order valence-electron chi connectivity index (χ1n) is 13.4. The lowest BCUT2D eigenvalue weighted by atomic mass is 9.72. The van der Waals surface area contributed by atoms with Gasteiger partial charge in [0.05, 0.1) is 17.4 Å². The number of hydrogen-bond acceptors (Lipinski definition) is 8. The van der Waals surface area contributed by atoms with Crippen LogP contribution in [0.4, 0.5) is 5.69 Å². The van der Waals surface area contributed by atoms with Crippen molar-refractivity contribution in [1.82, 2.24) is 14.5 Å². The molecule has 12 heteroatoms. The van der Waals surface area contributed by atoms with E-state index in [1.807, 2.05) is 18.2 Å². The number of benzene rings is 1. The van der Waals surface area contributed by atoms with E-state index in [1.165, 1.54) is 26.2 Å². The number of fused-ring (bicyclic) bond motifs is 1. The molecule has 2 heterocycles. The lowest BCUT2D eigenvalue weighted by Gasteiger charge is -2.33. The second kappa shape index (κ2) is 13.2. The summed E-state index contributed by atoms with van der Waals surface area (Å²) in [4.78, 5) is 24.5. The molecule has 1 atom stereocenters. The third-order valence-corrected chi connectivity index (χ3v) is 8.36. The molecule has 2 aromatic rings. The Labute approximate surface area is 245 Å². The van der Waals surface area contributed by atoms with Crippen LogP contribution in [-0.2, 0) is 36.2 Å². The SMILES string of the molecule is CC1/C=C(/C(C#N)=C/C=C/c2c(O)n(C)c(=O)n(C)c2=O)\C=C/Nc2ccc(CNCCCS(=O)(=O)O)cc2C1(C)C. The number of nitrogens with zero attached hydrogens (tertiary/aromatic N) is 3. The predicted molar refractivity (Wildman–Crippen MR) is 164 cm³/mol. The van der Waals surface area contributed by atoms with Gasteiger partial charge in [-0.15, -0.1) is 0 Å². The molecule has 224 valence electrons. The molecule has 1 aromatic carbocycles. The van der Waals surface area contributed by atoms with Gasteiger partial charge < -0.3 is 15.7 Å². The van der Waals surface area contributed by atoms with Gasteiger partial charge >= 0.3 is 5.69 Å². The number of rotatable bonds is 9. The molecule has 0 amide bonds. The fourth-order valence-corrected chi connectivity index (χ4v) is 5.10. The smallest absolute Gasteiger partial charge is 0.333 e. The molecule has 0 saturated carbocycles. The Morgan fingerprint density at radius 1 is 1.24 bits per heavy atom. The first-order chi connectivity index (χ1) is 19.7. The summed E-state index contributed by atoms with van der Waals surface area (Å²) in [5, 5.41) is 26.8. The fourth-order valence-electron chi connectivity index (χ4n) is 4.60. The Morgan fingerprint density at radius 2 is 1.95 bits per heavy atom. The minimum absolute atomic E-state index is 0.0190. The average molecular weight is 596 g/mol. The van der Waals surface area contributed by atoms with Crippen LogP contribution in [0.5, 0.6) is 5.88 Å². The highest BCUT2D eigenvalue weighted by Crippen LogP contribution is 2.39. The van der Waals surface area contributed by atoms with E-state index < -0.39 is 27.2 Å². The van der Waals surface area contributed by atoms with Crippen molar-refractivity contribution >= 4 is 21.9 Å². The van der Waals surface area contributed by atoms with E-state index in [9.17, 15) is 28.4 Å². The number of hydrogen-bond donors (Lipinski definition) is 4. The van der Waals surface area contributed by atoms with E-state index in [4.69, 9.17) is 4.55 Å². The predicted octanol–water partition coefficient (Wildman–Crippen LogP) is 3.10. The number of nitriles is 1. The monoisotopic (exact) mass is 595 g/mol. The van der Waals surface area contributed by atoms with Crippen molar-refractivity contribution in [2.45, 2.75) is 39.2 Å². The van der Waals surface area contributed by atoms with Gasteiger partial charge in [0.1, 0.15) is 5.56 Å². The molecular weight excluding hydrogens is 558 g/mol. The molecule has 0 spiro atoms. The molecule has 3 rings (SSSR count). The zero-order chi connectivity index (χ0) is 31.2. The molecule has 4 N–H and O–H groups in total. The summed E-state index contributed by atoms with van der Waals surface area (Å²) >= 11 is 0. The largest absolute Gasteiger partial charge is 0.494 e. The minimum atomic E-state index is -3.98. The number of anilines is 1. The molecule has 42 heavy (non-hydrogen) atoms. The van der Waals surface area contributed by atoms with Gasteiger partial charge in [-0.25, -0.2) is 4.79 Å². The van der Waals surface area contributed by atoms with Gasteiger partial charge in [-0.3, -0.25) is 18.5 Å². The lowest BCUT2D eigenvalue weighted by Crippen LogP contribution is -2.37. The zero-order valence-corrected chi connectivity index (χ0v) is 25.2. The van der Waals surface area contributed by atoms with Gasteiger partial charge in [-0.05, 0) is 65.3 Å². The van der Waals surface area contributed by atoms with Crippen molar-refractivity contribution in [2.75, 3.05) is 17.6 Å². The van der Waals surface area contributed by atoms with Crippen LogP contribution in [0, 0.1) is 17.2 Å². The maximum atomic E-state index is 12.5. The van der Waals surface area contributed by atoms with Crippen LogP contribution in [0.25, 0.3) is 6.08 Å². The summed E-state index contributed by atoms with van der Waals surface area (Å²) in [5.74, 6) is -0.768. The van der Waals surface area contributed by atoms with E-state index in [0.717, 1.165) is 25.9 Å². The molecule has 0 saturated heterocycles. The summed E-state index contributed by atoms with van der Waals surface area (Å²) in [6.07, 6.45) is 10.3. The Kier molecular flexibility index (Phi) is 10.2. The van der Waals surface area contributed by atoms with E-state index >= 15 is 0 Å². The Morgan fingerprint density at radius 3 is 2.62 bits per heavy atom. The first kappa shape index (κ1) is 32.3. The van der Waals surface area contributed by atoms with Crippen LogP contribution in [-0.4, -0.2) is 39.5 Å². The molecule has 0 bridgehead atoms. The Bertz CT molecular complexity index is 1740. The van der Waals surface area contributed by atoms with Gasteiger partial charge in [0.25, 0.3) is 15.7 Å². The van der Waals surface area contributed by atoms with Gasteiger partial charge in [-0.2, -0.15) is 13.7 Å². The minimum Gasteiger partial charge on any atom is -0.494 e. The van der Waals surface area contributed by atoms with Crippen LogP contribution in [0.15, 0.2) is 69.4 Å². The molecular formula is C30H37N5O6S.